The number of hydrogen-bond acceptors (Lipinski definition) is 1. The maximum Gasteiger partial charge on any atom is 0.274 e. The first-order chi connectivity index (χ1) is 11.0. The summed E-state index contributed by atoms with van der Waals surface area (Å²) >= 11 is 12.0. The summed E-state index contributed by atoms with van der Waals surface area (Å²) in [6, 6.07) is 13.1. The number of aryl methyl sites for hydroxylation is 1. The normalized spacial score (nSPS) is 12.3. The van der Waals surface area contributed by atoms with Gasteiger partial charge in [0.15, 0.2) is 0 Å². The molecule has 0 fully saturated rings. The zero-order valence-electron chi connectivity index (χ0n) is 12.8. The molecule has 1 unspecified atom stereocenters. The van der Waals surface area contributed by atoms with Gasteiger partial charge >= 0.3 is 0 Å². The summed E-state index contributed by atoms with van der Waals surface area (Å²) in [7, 11) is 0. The van der Waals surface area contributed by atoms with Crippen LogP contribution in [0.1, 0.15) is 24.1 Å². The van der Waals surface area contributed by atoms with Crippen LogP contribution in [0.5, 0.6) is 0 Å². The lowest BCUT2D eigenvalue weighted by Gasteiger charge is -2.13. The van der Waals surface area contributed by atoms with E-state index in [1.807, 2.05) is 44.2 Å². The van der Waals surface area contributed by atoms with E-state index in [0.717, 1.165) is 16.7 Å². The molecule has 3 rings (SSSR count). The van der Waals surface area contributed by atoms with E-state index in [1.165, 1.54) is 0 Å². The predicted molar refractivity (Wildman–Crippen MR) is 95.5 cm³/mol. The minimum Gasteiger partial charge on any atom is -0.302 e. The molecule has 1 N–H and O–H groups in total. The summed E-state index contributed by atoms with van der Waals surface area (Å²) in [5, 5.41) is 4.03. The first-order valence-electron chi connectivity index (χ1n) is 7.29. The lowest BCUT2D eigenvalue weighted by molar-refractivity contribution is 0.548. The zero-order chi connectivity index (χ0) is 16.6. The molecule has 5 heteroatoms. The van der Waals surface area contributed by atoms with E-state index in [-0.39, 0.29) is 11.6 Å². The molecule has 0 aliphatic heterocycles. The Balaban J connectivity index is 1.99. The van der Waals surface area contributed by atoms with Gasteiger partial charge in [-0.25, -0.2) is 4.68 Å². The molecule has 1 heterocycles. The van der Waals surface area contributed by atoms with Crippen LogP contribution in [0.4, 0.5) is 0 Å². The quantitative estimate of drug-likeness (QED) is 0.706. The number of nitrogens with zero attached hydrogens (tertiary/aromatic N) is 1. The van der Waals surface area contributed by atoms with Crippen LogP contribution < -0.4 is 5.56 Å². The fraction of sp³-hybridized carbons (Fsp3) is 0.167. The van der Waals surface area contributed by atoms with E-state index >= 15 is 0 Å². The van der Waals surface area contributed by atoms with Crippen LogP contribution in [0, 0.1) is 6.92 Å². The molecule has 2 aromatic carbocycles. The molecule has 0 saturated carbocycles. The molecule has 1 atom stereocenters. The Morgan fingerprint density at radius 2 is 1.74 bits per heavy atom. The average molecular weight is 347 g/mol. The second-order valence-corrected chi connectivity index (χ2v) is 6.39. The molecule has 0 amide bonds. The van der Waals surface area contributed by atoms with Gasteiger partial charge in [-0.2, -0.15) is 0 Å². The third-order valence-electron chi connectivity index (χ3n) is 3.97. The first-order valence-corrected chi connectivity index (χ1v) is 8.05. The van der Waals surface area contributed by atoms with Gasteiger partial charge in [-0.3, -0.25) is 4.79 Å². The molecule has 3 aromatic rings. The number of nitrogens with one attached hydrogen (secondary N) is 1. The molecule has 0 radical (unpaired) electrons. The third-order valence-corrected chi connectivity index (χ3v) is 4.71. The van der Waals surface area contributed by atoms with Gasteiger partial charge in [0.2, 0.25) is 0 Å². The topological polar surface area (TPSA) is 37.8 Å². The van der Waals surface area contributed by atoms with E-state index in [1.54, 1.807) is 23.0 Å². The van der Waals surface area contributed by atoms with Gasteiger partial charge < -0.3 is 5.10 Å². The van der Waals surface area contributed by atoms with Crippen LogP contribution in [0.2, 0.25) is 10.0 Å². The van der Waals surface area contributed by atoms with Crippen molar-refractivity contribution in [1.82, 2.24) is 9.78 Å². The van der Waals surface area contributed by atoms with Crippen molar-refractivity contribution >= 4 is 23.2 Å². The zero-order valence-corrected chi connectivity index (χ0v) is 14.3. The average Bonchev–Trinajstić information content (AvgIpc) is 2.92. The predicted octanol–water partition coefficient (Wildman–Crippen LogP) is 5.07. The van der Waals surface area contributed by atoms with E-state index in [0.29, 0.717) is 15.6 Å². The minimum atomic E-state index is -0.170. The van der Waals surface area contributed by atoms with Gasteiger partial charge in [-0.05, 0) is 37.1 Å². The van der Waals surface area contributed by atoms with E-state index in [4.69, 9.17) is 23.2 Å². The highest BCUT2D eigenvalue weighted by Crippen LogP contribution is 2.27. The Morgan fingerprint density at radius 1 is 1.04 bits per heavy atom. The number of aromatic amines is 1. The number of aromatic nitrogens is 2. The second kappa shape index (κ2) is 6.26. The maximum atomic E-state index is 12.7. The molecular formula is C18H16Cl2N2O. The number of H-pyrrole nitrogens is 1. The SMILES string of the molecule is Cc1ccc(-c2c[nH]n(C(C)c3ccc(Cl)c(Cl)c3)c2=O)cc1. The molecule has 0 aliphatic carbocycles. The lowest BCUT2D eigenvalue weighted by Crippen LogP contribution is -2.22. The second-order valence-electron chi connectivity index (χ2n) is 5.58. The summed E-state index contributed by atoms with van der Waals surface area (Å²) in [4.78, 5) is 12.7. The molecule has 0 aliphatic rings. The number of benzene rings is 2. The lowest BCUT2D eigenvalue weighted by atomic mass is 10.1. The van der Waals surface area contributed by atoms with Crippen molar-refractivity contribution in [3.63, 3.8) is 0 Å². The van der Waals surface area contributed by atoms with Gasteiger partial charge in [-0.1, -0.05) is 59.1 Å². The summed E-state index contributed by atoms with van der Waals surface area (Å²) in [6.45, 7) is 3.96. The van der Waals surface area contributed by atoms with Crippen LogP contribution >= 0.6 is 23.2 Å². The number of halogens is 2. The molecule has 0 spiro atoms. The van der Waals surface area contributed by atoms with Gasteiger partial charge in [-0.15, -0.1) is 0 Å². The Morgan fingerprint density at radius 3 is 2.39 bits per heavy atom. The maximum absolute atomic E-state index is 12.7. The van der Waals surface area contributed by atoms with E-state index in [2.05, 4.69) is 5.10 Å². The summed E-state index contributed by atoms with van der Waals surface area (Å²) < 4.78 is 1.59. The molecular weight excluding hydrogens is 331 g/mol. The Kier molecular flexibility index (Phi) is 4.33. The molecule has 118 valence electrons. The van der Waals surface area contributed by atoms with Crippen LogP contribution in [0.3, 0.4) is 0 Å². The largest absolute Gasteiger partial charge is 0.302 e. The fourth-order valence-electron chi connectivity index (χ4n) is 2.53. The fourth-order valence-corrected chi connectivity index (χ4v) is 2.84. The van der Waals surface area contributed by atoms with Crippen molar-refractivity contribution in [2.45, 2.75) is 19.9 Å². The van der Waals surface area contributed by atoms with Gasteiger partial charge in [0.1, 0.15) is 0 Å². The monoisotopic (exact) mass is 346 g/mol. The Labute approximate surface area is 144 Å². The van der Waals surface area contributed by atoms with Crippen molar-refractivity contribution in [3.05, 3.63) is 80.2 Å². The molecule has 0 bridgehead atoms. The smallest absolute Gasteiger partial charge is 0.274 e. The van der Waals surface area contributed by atoms with Crippen molar-refractivity contribution in [3.8, 4) is 11.1 Å². The van der Waals surface area contributed by atoms with Crippen molar-refractivity contribution in [1.29, 1.82) is 0 Å². The summed E-state index contributed by atoms with van der Waals surface area (Å²) in [6.07, 6.45) is 1.74. The van der Waals surface area contributed by atoms with Crippen molar-refractivity contribution in [2.75, 3.05) is 0 Å². The highest BCUT2D eigenvalue weighted by atomic mass is 35.5. The van der Waals surface area contributed by atoms with Gasteiger partial charge in [0, 0.05) is 6.20 Å². The van der Waals surface area contributed by atoms with Crippen LogP contribution in [0.25, 0.3) is 11.1 Å². The van der Waals surface area contributed by atoms with Crippen LogP contribution in [0.15, 0.2) is 53.5 Å². The summed E-state index contributed by atoms with van der Waals surface area (Å²) in [5.74, 6) is 0. The van der Waals surface area contributed by atoms with Gasteiger partial charge in [0.05, 0.1) is 21.7 Å². The highest BCUT2D eigenvalue weighted by molar-refractivity contribution is 6.42. The summed E-state index contributed by atoms with van der Waals surface area (Å²) in [5.41, 5.74) is 3.56. The van der Waals surface area contributed by atoms with E-state index < -0.39 is 0 Å². The number of rotatable bonds is 3. The third kappa shape index (κ3) is 3.07. The Hall–Kier alpha value is -1.97. The molecule has 3 nitrogen and oxygen atoms in total. The Bertz CT molecular complexity index is 894. The standard InChI is InChI=1S/C18H16Cl2N2O/c1-11-3-5-13(6-4-11)15-10-21-22(18(15)23)12(2)14-7-8-16(19)17(20)9-14/h3-10,12,21H,1-2H3. The number of hydrogen-bond donors (Lipinski definition) is 1. The molecule has 0 saturated heterocycles. The minimum absolute atomic E-state index is 0.0626. The van der Waals surface area contributed by atoms with Crippen LogP contribution in [-0.4, -0.2) is 9.78 Å². The van der Waals surface area contributed by atoms with Crippen molar-refractivity contribution < 1.29 is 0 Å². The van der Waals surface area contributed by atoms with Crippen molar-refractivity contribution in [2.24, 2.45) is 0 Å². The first kappa shape index (κ1) is 15.9. The van der Waals surface area contributed by atoms with Crippen LogP contribution in [-0.2, 0) is 0 Å². The van der Waals surface area contributed by atoms with Gasteiger partial charge in [0.25, 0.3) is 5.56 Å². The van der Waals surface area contributed by atoms with E-state index in [9.17, 15) is 4.79 Å². The highest BCUT2D eigenvalue weighted by Gasteiger charge is 2.15. The molecule has 23 heavy (non-hydrogen) atoms. The molecule has 1 aromatic heterocycles.